The molecule has 2 amide bonds. The van der Waals surface area contributed by atoms with Gasteiger partial charge >= 0.3 is 12.0 Å². The Balaban J connectivity index is 2.52. The Morgan fingerprint density at radius 2 is 2.21 bits per heavy atom. The molecule has 5 nitrogen and oxygen atoms in total. The number of hydrogen-bond donors (Lipinski definition) is 3. The molecule has 0 spiro atoms. The summed E-state index contributed by atoms with van der Waals surface area (Å²) < 4.78 is 0.834. The van der Waals surface area contributed by atoms with Crippen molar-refractivity contribution in [1.82, 2.24) is 10.6 Å². The minimum Gasteiger partial charge on any atom is -0.478 e. The van der Waals surface area contributed by atoms with Crippen LogP contribution in [0.1, 0.15) is 24.9 Å². The van der Waals surface area contributed by atoms with E-state index < -0.39 is 12.0 Å². The van der Waals surface area contributed by atoms with Crippen LogP contribution >= 0.6 is 15.9 Å². The van der Waals surface area contributed by atoms with Gasteiger partial charge in [-0.15, -0.1) is 0 Å². The number of hydrogen-bond acceptors (Lipinski definition) is 2. The van der Waals surface area contributed by atoms with Crippen LogP contribution < -0.4 is 10.6 Å². The van der Waals surface area contributed by atoms with Gasteiger partial charge in [-0.05, 0) is 24.1 Å². The first-order valence-electron chi connectivity index (χ1n) is 5.82. The molecule has 0 aromatic heterocycles. The van der Waals surface area contributed by atoms with Crippen LogP contribution in [0.4, 0.5) is 4.79 Å². The van der Waals surface area contributed by atoms with Crippen molar-refractivity contribution >= 4 is 27.9 Å². The molecule has 1 aliphatic rings. The predicted molar refractivity (Wildman–Crippen MR) is 73.5 cm³/mol. The third kappa shape index (κ3) is 2.78. The molecule has 0 radical (unpaired) electrons. The van der Waals surface area contributed by atoms with Crippen LogP contribution in [-0.2, 0) is 4.79 Å². The van der Waals surface area contributed by atoms with Gasteiger partial charge in [-0.3, -0.25) is 0 Å². The fourth-order valence-electron chi connectivity index (χ4n) is 2.09. The van der Waals surface area contributed by atoms with Gasteiger partial charge in [0.1, 0.15) is 0 Å². The van der Waals surface area contributed by atoms with Gasteiger partial charge in [-0.25, -0.2) is 9.59 Å². The van der Waals surface area contributed by atoms with E-state index in [1.54, 1.807) is 18.2 Å². The normalized spacial score (nSPS) is 18.8. The molecular weight excluding hydrogens is 312 g/mol. The molecule has 1 unspecified atom stereocenters. The first kappa shape index (κ1) is 13.6. The van der Waals surface area contributed by atoms with E-state index in [1.165, 1.54) is 0 Å². The van der Waals surface area contributed by atoms with Crippen LogP contribution in [-0.4, -0.2) is 17.1 Å². The van der Waals surface area contributed by atoms with Crippen LogP contribution in [0, 0.1) is 0 Å². The molecule has 3 N–H and O–H groups in total. The molecule has 1 heterocycles. The third-order valence-corrected chi connectivity index (χ3v) is 3.41. The van der Waals surface area contributed by atoms with Crippen LogP contribution in [0.15, 0.2) is 40.0 Å². The second kappa shape index (κ2) is 5.44. The minimum atomic E-state index is -1.03. The molecule has 19 heavy (non-hydrogen) atoms. The molecule has 0 saturated carbocycles. The predicted octanol–water partition coefficient (Wildman–Crippen LogP) is 2.55. The molecule has 0 saturated heterocycles. The molecule has 6 heteroatoms. The zero-order chi connectivity index (χ0) is 14.0. The monoisotopic (exact) mass is 324 g/mol. The van der Waals surface area contributed by atoms with E-state index in [-0.39, 0.29) is 11.6 Å². The molecule has 1 atom stereocenters. The molecule has 0 fully saturated rings. The number of rotatable bonds is 3. The van der Waals surface area contributed by atoms with E-state index in [9.17, 15) is 14.7 Å². The smallest absolute Gasteiger partial charge is 0.335 e. The standard InChI is InChI=1S/C13H13BrN2O3/c1-2-9-10(12(17)18)11(16-13(19)15-9)7-4-3-5-8(14)6-7/h3-6,11H,2H2,1H3,(H,17,18)(H2,15,16,19). The summed E-state index contributed by atoms with van der Waals surface area (Å²) in [6.07, 6.45) is 0.458. The summed E-state index contributed by atoms with van der Waals surface area (Å²) in [7, 11) is 0. The SMILES string of the molecule is CCC1=C(C(=O)O)C(c2cccc(Br)c2)NC(=O)N1. The number of carbonyl (C=O) groups is 2. The van der Waals surface area contributed by atoms with E-state index in [1.807, 2.05) is 13.0 Å². The minimum absolute atomic E-state index is 0.181. The highest BCUT2D eigenvalue weighted by molar-refractivity contribution is 9.10. The van der Waals surface area contributed by atoms with Crippen LogP contribution in [0.3, 0.4) is 0 Å². The zero-order valence-corrected chi connectivity index (χ0v) is 11.8. The van der Waals surface area contributed by atoms with E-state index in [4.69, 9.17) is 0 Å². The Labute approximate surface area is 118 Å². The van der Waals surface area contributed by atoms with Crippen LogP contribution in [0.25, 0.3) is 0 Å². The van der Waals surface area contributed by atoms with E-state index in [0.717, 1.165) is 10.0 Å². The lowest BCUT2D eigenvalue weighted by Crippen LogP contribution is -2.45. The van der Waals surface area contributed by atoms with Crippen molar-refractivity contribution in [2.75, 3.05) is 0 Å². The first-order chi connectivity index (χ1) is 9.02. The second-order valence-electron chi connectivity index (χ2n) is 4.14. The summed E-state index contributed by atoms with van der Waals surface area (Å²) >= 11 is 3.34. The van der Waals surface area contributed by atoms with E-state index in [2.05, 4.69) is 26.6 Å². The van der Waals surface area contributed by atoms with Crippen LogP contribution in [0.2, 0.25) is 0 Å². The second-order valence-corrected chi connectivity index (χ2v) is 5.05. The maximum atomic E-state index is 11.6. The van der Waals surface area contributed by atoms with E-state index >= 15 is 0 Å². The van der Waals surface area contributed by atoms with Gasteiger partial charge in [0.25, 0.3) is 0 Å². The highest BCUT2D eigenvalue weighted by atomic mass is 79.9. The first-order valence-corrected chi connectivity index (χ1v) is 6.61. The van der Waals surface area contributed by atoms with Gasteiger partial charge in [-0.1, -0.05) is 35.0 Å². The van der Waals surface area contributed by atoms with Crippen molar-refractivity contribution < 1.29 is 14.7 Å². The summed E-state index contributed by atoms with van der Waals surface area (Å²) in [6, 6.07) is 6.21. The summed E-state index contributed by atoms with van der Waals surface area (Å²) in [4.78, 5) is 23.0. The molecule has 100 valence electrons. The van der Waals surface area contributed by atoms with Crippen LogP contribution in [0.5, 0.6) is 0 Å². The quantitative estimate of drug-likeness (QED) is 0.799. The van der Waals surface area contributed by atoms with Crippen molar-refractivity contribution in [2.45, 2.75) is 19.4 Å². The Kier molecular flexibility index (Phi) is 3.90. The molecule has 1 aromatic rings. The molecule has 1 aliphatic heterocycles. The molecule has 2 rings (SSSR count). The number of carboxylic acid groups (broad SMARTS) is 1. The maximum Gasteiger partial charge on any atom is 0.335 e. The lowest BCUT2D eigenvalue weighted by molar-refractivity contribution is -0.133. The lowest BCUT2D eigenvalue weighted by Gasteiger charge is -2.28. The number of halogens is 1. The lowest BCUT2D eigenvalue weighted by atomic mass is 9.94. The number of benzene rings is 1. The van der Waals surface area contributed by atoms with Crippen molar-refractivity contribution in [3.63, 3.8) is 0 Å². The zero-order valence-electron chi connectivity index (χ0n) is 10.2. The topological polar surface area (TPSA) is 78.4 Å². The molecule has 1 aromatic carbocycles. The number of carboxylic acids is 1. The fraction of sp³-hybridized carbons (Fsp3) is 0.231. The van der Waals surface area contributed by atoms with Gasteiger partial charge in [0.2, 0.25) is 0 Å². The Morgan fingerprint density at radius 3 is 2.79 bits per heavy atom. The van der Waals surface area contributed by atoms with Gasteiger partial charge in [-0.2, -0.15) is 0 Å². The van der Waals surface area contributed by atoms with Crippen molar-refractivity contribution in [1.29, 1.82) is 0 Å². The Morgan fingerprint density at radius 1 is 1.47 bits per heavy atom. The summed E-state index contributed by atoms with van der Waals surface area (Å²) in [6.45, 7) is 1.81. The Bertz CT molecular complexity index is 569. The van der Waals surface area contributed by atoms with Gasteiger partial charge in [0.15, 0.2) is 0 Å². The average Bonchev–Trinajstić information content (AvgIpc) is 2.37. The van der Waals surface area contributed by atoms with E-state index in [0.29, 0.717) is 12.1 Å². The number of urea groups is 1. The third-order valence-electron chi connectivity index (χ3n) is 2.92. The highest BCUT2D eigenvalue weighted by Gasteiger charge is 2.31. The average molecular weight is 325 g/mol. The molecule has 0 bridgehead atoms. The largest absolute Gasteiger partial charge is 0.478 e. The molecule has 0 aliphatic carbocycles. The van der Waals surface area contributed by atoms with Crippen molar-refractivity contribution in [3.8, 4) is 0 Å². The van der Waals surface area contributed by atoms with Crippen molar-refractivity contribution in [3.05, 3.63) is 45.6 Å². The number of amides is 2. The van der Waals surface area contributed by atoms with Crippen molar-refractivity contribution in [2.24, 2.45) is 0 Å². The van der Waals surface area contributed by atoms with Gasteiger partial charge in [0.05, 0.1) is 11.6 Å². The highest BCUT2D eigenvalue weighted by Crippen LogP contribution is 2.29. The molecular formula is C13H13BrN2O3. The summed E-state index contributed by atoms with van der Waals surface area (Å²) in [5, 5.41) is 14.6. The summed E-state index contributed by atoms with van der Waals surface area (Å²) in [5.74, 6) is -1.03. The number of allylic oxidation sites excluding steroid dienone is 1. The number of carbonyl (C=O) groups excluding carboxylic acids is 1. The fourth-order valence-corrected chi connectivity index (χ4v) is 2.50. The Hall–Kier alpha value is -1.82. The van der Waals surface area contributed by atoms with Gasteiger partial charge in [0, 0.05) is 10.2 Å². The number of nitrogens with one attached hydrogen (secondary N) is 2. The number of aliphatic carboxylic acids is 1. The van der Waals surface area contributed by atoms with Gasteiger partial charge < -0.3 is 15.7 Å². The maximum absolute atomic E-state index is 11.6. The summed E-state index contributed by atoms with van der Waals surface area (Å²) in [5.41, 5.74) is 1.36.